The molecule has 1 unspecified atom stereocenters. The second-order valence-electron chi connectivity index (χ2n) is 5.08. The summed E-state index contributed by atoms with van der Waals surface area (Å²) in [6, 6.07) is 3.13. The summed E-state index contributed by atoms with van der Waals surface area (Å²) in [6.45, 7) is 5.85. The van der Waals surface area contributed by atoms with Gasteiger partial charge in [-0.05, 0) is 39.0 Å². The van der Waals surface area contributed by atoms with E-state index in [-0.39, 0.29) is 24.4 Å². The molecule has 0 heterocycles. The van der Waals surface area contributed by atoms with E-state index in [1.807, 2.05) is 20.8 Å². The van der Waals surface area contributed by atoms with Crippen LogP contribution < -0.4 is 5.32 Å². The predicted octanol–water partition coefficient (Wildman–Crippen LogP) is 2.55. The van der Waals surface area contributed by atoms with Crippen LogP contribution in [0.5, 0.6) is 0 Å². The van der Waals surface area contributed by atoms with Gasteiger partial charge in [0, 0.05) is 6.54 Å². The summed E-state index contributed by atoms with van der Waals surface area (Å²) in [6.07, 6.45) is -0.785. The number of ether oxygens (including phenoxy) is 1. The van der Waals surface area contributed by atoms with Crippen LogP contribution in [0, 0.1) is 11.6 Å². The molecule has 0 spiro atoms. The van der Waals surface area contributed by atoms with Crippen molar-refractivity contribution in [1.29, 1.82) is 0 Å². The van der Waals surface area contributed by atoms with Gasteiger partial charge in [-0.25, -0.2) is 8.78 Å². The molecule has 1 rings (SSSR count). The molecule has 0 aliphatic heterocycles. The van der Waals surface area contributed by atoms with Crippen LogP contribution in [-0.4, -0.2) is 30.0 Å². The van der Waals surface area contributed by atoms with E-state index in [0.717, 1.165) is 18.2 Å². The Balaban J connectivity index is 2.42. The molecule has 0 bridgehead atoms. The maximum atomic E-state index is 13.3. The molecule has 5 heteroatoms. The fourth-order valence-electron chi connectivity index (χ4n) is 1.27. The molecular formula is C13H19F2NO2. The number of rotatable bonds is 5. The lowest BCUT2D eigenvalue weighted by atomic mass is 10.2. The Labute approximate surface area is 106 Å². The van der Waals surface area contributed by atoms with Crippen molar-refractivity contribution in [3.05, 3.63) is 29.8 Å². The van der Waals surface area contributed by atoms with Crippen molar-refractivity contribution in [2.24, 2.45) is 0 Å². The maximum absolute atomic E-state index is 13.3. The van der Waals surface area contributed by atoms with Gasteiger partial charge in [-0.15, -0.1) is 0 Å². The van der Waals surface area contributed by atoms with Gasteiger partial charge in [0.25, 0.3) is 0 Å². The van der Waals surface area contributed by atoms with Crippen molar-refractivity contribution in [3.8, 4) is 0 Å². The molecule has 0 fully saturated rings. The van der Waals surface area contributed by atoms with Gasteiger partial charge in [-0.3, -0.25) is 0 Å². The molecule has 0 aromatic heterocycles. The summed E-state index contributed by atoms with van der Waals surface area (Å²) in [5.41, 5.74) is -0.310. The average Bonchev–Trinajstić information content (AvgIpc) is 2.26. The molecule has 2 N–H and O–H groups in total. The van der Waals surface area contributed by atoms with Crippen molar-refractivity contribution < 1.29 is 18.6 Å². The van der Waals surface area contributed by atoms with E-state index < -0.39 is 17.7 Å². The summed E-state index contributed by atoms with van der Waals surface area (Å²) >= 11 is 0. The molecule has 3 nitrogen and oxygen atoms in total. The van der Waals surface area contributed by atoms with Crippen LogP contribution in [0.3, 0.4) is 0 Å². The maximum Gasteiger partial charge on any atom is 0.146 e. The largest absolute Gasteiger partial charge is 0.389 e. The second-order valence-corrected chi connectivity index (χ2v) is 5.08. The van der Waals surface area contributed by atoms with Crippen LogP contribution in [0.25, 0.3) is 0 Å². The lowest BCUT2D eigenvalue weighted by Crippen LogP contribution is -2.30. The smallest absolute Gasteiger partial charge is 0.146 e. The Hall–Kier alpha value is -1.20. The summed E-state index contributed by atoms with van der Waals surface area (Å²) in [4.78, 5) is 0. The van der Waals surface area contributed by atoms with Crippen LogP contribution in [0.15, 0.2) is 18.2 Å². The van der Waals surface area contributed by atoms with Crippen molar-refractivity contribution in [1.82, 2.24) is 0 Å². The zero-order valence-corrected chi connectivity index (χ0v) is 10.8. The first-order chi connectivity index (χ1) is 8.28. The normalized spacial score (nSPS) is 13.4. The summed E-state index contributed by atoms with van der Waals surface area (Å²) in [7, 11) is 0. The standard InChI is InChI=1S/C13H19F2NO2/c1-13(2,3)18-8-10(17)7-16-12-6-9(14)4-5-11(12)15/h4-6,10,16-17H,7-8H2,1-3H3. The van der Waals surface area contributed by atoms with Crippen LogP contribution >= 0.6 is 0 Å². The van der Waals surface area contributed by atoms with Gasteiger partial charge < -0.3 is 15.2 Å². The third kappa shape index (κ3) is 5.42. The Morgan fingerprint density at radius 2 is 2.00 bits per heavy atom. The van der Waals surface area contributed by atoms with E-state index in [1.54, 1.807) is 0 Å². The van der Waals surface area contributed by atoms with Crippen LogP contribution in [0.1, 0.15) is 20.8 Å². The molecule has 0 amide bonds. The van der Waals surface area contributed by atoms with E-state index in [9.17, 15) is 13.9 Å². The Kier molecular flexibility index (Phi) is 5.04. The number of anilines is 1. The minimum Gasteiger partial charge on any atom is -0.389 e. The molecule has 0 aliphatic carbocycles. The number of hydrogen-bond donors (Lipinski definition) is 2. The lowest BCUT2D eigenvalue weighted by Gasteiger charge is -2.22. The Morgan fingerprint density at radius 1 is 1.33 bits per heavy atom. The molecule has 1 aromatic carbocycles. The van der Waals surface area contributed by atoms with E-state index in [1.165, 1.54) is 0 Å². The third-order valence-electron chi connectivity index (χ3n) is 2.17. The molecule has 0 aliphatic rings. The highest BCUT2D eigenvalue weighted by Gasteiger charge is 2.14. The molecule has 18 heavy (non-hydrogen) atoms. The minimum absolute atomic E-state index is 0.0322. The molecule has 1 aromatic rings. The highest BCUT2D eigenvalue weighted by molar-refractivity contribution is 5.44. The molecule has 0 radical (unpaired) electrons. The molecule has 0 saturated heterocycles. The van der Waals surface area contributed by atoms with Crippen molar-refractivity contribution in [2.45, 2.75) is 32.5 Å². The van der Waals surface area contributed by atoms with Gasteiger partial charge in [0.2, 0.25) is 0 Å². The van der Waals surface area contributed by atoms with E-state index in [4.69, 9.17) is 4.74 Å². The van der Waals surface area contributed by atoms with Crippen LogP contribution in [0.4, 0.5) is 14.5 Å². The molecule has 1 atom stereocenters. The molecule has 0 saturated carbocycles. The van der Waals surface area contributed by atoms with Gasteiger partial charge in [0.05, 0.1) is 24.0 Å². The van der Waals surface area contributed by atoms with Gasteiger partial charge in [-0.2, -0.15) is 0 Å². The van der Waals surface area contributed by atoms with E-state index >= 15 is 0 Å². The second kappa shape index (κ2) is 6.11. The number of aliphatic hydroxyl groups excluding tert-OH is 1. The van der Waals surface area contributed by atoms with Gasteiger partial charge in [0.1, 0.15) is 11.6 Å². The fraction of sp³-hybridized carbons (Fsp3) is 0.538. The first-order valence-corrected chi connectivity index (χ1v) is 5.79. The molecule has 102 valence electrons. The summed E-state index contributed by atoms with van der Waals surface area (Å²) in [5.74, 6) is -1.08. The number of hydrogen-bond acceptors (Lipinski definition) is 3. The zero-order valence-electron chi connectivity index (χ0n) is 10.8. The first-order valence-electron chi connectivity index (χ1n) is 5.79. The third-order valence-corrected chi connectivity index (χ3v) is 2.17. The van der Waals surface area contributed by atoms with E-state index in [0.29, 0.717) is 0 Å². The van der Waals surface area contributed by atoms with E-state index in [2.05, 4.69) is 5.32 Å². The topological polar surface area (TPSA) is 41.5 Å². The quantitative estimate of drug-likeness (QED) is 0.854. The van der Waals surface area contributed by atoms with Gasteiger partial charge in [0.15, 0.2) is 0 Å². The average molecular weight is 259 g/mol. The van der Waals surface area contributed by atoms with Crippen molar-refractivity contribution in [3.63, 3.8) is 0 Å². The van der Waals surface area contributed by atoms with Gasteiger partial charge >= 0.3 is 0 Å². The molecular weight excluding hydrogens is 240 g/mol. The zero-order chi connectivity index (χ0) is 13.8. The fourth-order valence-corrected chi connectivity index (χ4v) is 1.27. The van der Waals surface area contributed by atoms with Crippen LogP contribution in [-0.2, 0) is 4.74 Å². The first kappa shape index (κ1) is 14.9. The monoisotopic (exact) mass is 259 g/mol. The Bertz CT molecular complexity index is 391. The summed E-state index contributed by atoms with van der Waals surface area (Å²) < 4.78 is 31.5. The lowest BCUT2D eigenvalue weighted by molar-refractivity contribution is -0.0449. The minimum atomic E-state index is -0.785. The van der Waals surface area contributed by atoms with Crippen molar-refractivity contribution >= 4 is 5.69 Å². The predicted molar refractivity (Wildman–Crippen MR) is 66.6 cm³/mol. The van der Waals surface area contributed by atoms with Crippen LogP contribution in [0.2, 0.25) is 0 Å². The van der Waals surface area contributed by atoms with Crippen molar-refractivity contribution in [2.75, 3.05) is 18.5 Å². The Morgan fingerprint density at radius 3 is 2.61 bits per heavy atom. The number of nitrogens with one attached hydrogen (secondary N) is 1. The SMILES string of the molecule is CC(C)(C)OCC(O)CNc1cc(F)ccc1F. The highest BCUT2D eigenvalue weighted by atomic mass is 19.1. The van der Waals surface area contributed by atoms with Gasteiger partial charge in [-0.1, -0.05) is 0 Å². The number of benzene rings is 1. The highest BCUT2D eigenvalue weighted by Crippen LogP contribution is 2.15. The summed E-state index contributed by atoms with van der Waals surface area (Å²) in [5, 5.41) is 12.3. The number of halogens is 2. The number of aliphatic hydroxyl groups is 1.